The van der Waals surface area contributed by atoms with Crippen molar-refractivity contribution in [2.75, 3.05) is 0 Å². The van der Waals surface area contributed by atoms with E-state index >= 15 is 0 Å². The van der Waals surface area contributed by atoms with Crippen LogP contribution < -0.4 is 0 Å². The van der Waals surface area contributed by atoms with Crippen molar-refractivity contribution in [3.63, 3.8) is 0 Å². The van der Waals surface area contributed by atoms with Crippen LogP contribution >= 0.6 is 22.6 Å². The third-order valence-corrected chi connectivity index (χ3v) is 7.29. The van der Waals surface area contributed by atoms with Crippen LogP contribution in [-0.4, -0.2) is 0 Å². The van der Waals surface area contributed by atoms with E-state index in [2.05, 4.69) is 97.1 Å². The minimum absolute atomic E-state index is 0.187. The van der Waals surface area contributed by atoms with E-state index in [1.165, 1.54) is 49.0 Å². The van der Waals surface area contributed by atoms with Crippen LogP contribution in [0, 0.1) is 5.92 Å². The highest BCUT2D eigenvalue weighted by Gasteiger charge is 2.43. The molecule has 130 valence electrons. The van der Waals surface area contributed by atoms with Gasteiger partial charge in [0.1, 0.15) is 0 Å². The van der Waals surface area contributed by atoms with E-state index in [-0.39, 0.29) is 5.41 Å². The van der Waals surface area contributed by atoms with Gasteiger partial charge in [-0.3, -0.25) is 0 Å². The standard InChI is InChI=1S/C25H23I/c1-25(2)23-14-17(20-9-5-7-16-6-3-4-8-19(16)20)10-12-21(23)22-13-11-18(26)15-24(22)25/h4-5,7-14,24H,3,6,15H2,1-2H3. The van der Waals surface area contributed by atoms with Crippen LogP contribution in [0.2, 0.25) is 0 Å². The second-order valence-electron chi connectivity index (χ2n) is 8.29. The number of benzene rings is 2. The van der Waals surface area contributed by atoms with Gasteiger partial charge in [0.05, 0.1) is 0 Å². The molecule has 0 spiro atoms. The summed E-state index contributed by atoms with van der Waals surface area (Å²) in [5.41, 5.74) is 10.4. The largest absolute Gasteiger partial charge is 0.0836 e. The summed E-state index contributed by atoms with van der Waals surface area (Å²) in [7, 11) is 0. The van der Waals surface area contributed by atoms with Gasteiger partial charge in [-0.05, 0) is 102 Å². The Morgan fingerprint density at radius 2 is 1.92 bits per heavy atom. The Labute approximate surface area is 169 Å². The van der Waals surface area contributed by atoms with Crippen molar-refractivity contribution >= 4 is 34.2 Å². The van der Waals surface area contributed by atoms with Gasteiger partial charge in [0.2, 0.25) is 0 Å². The maximum atomic E-state index is 2.50. The van der Waals surface area contributed by atoms with Gasteiger partial charge in [-0.15, -0.1) is 0 Å². The number of fused-ring (bicyclic) bond motifs is 4. The van der Waals surface area contributed by atoms with Gasteiger partial charge in [0, 0.05) is 0 Å². The van der Waals surface area contributed by atoms with E-state index in [0.717, 1.165) is 12.8 Å². The van der Waals surface area contributed by atoms with Gasteiger partial charge in [0.25, 0.3) is 0 Å². The molecule has 0 saturated heterocycles. The van der Waals surface area contributed by atoms with Crippen molar-refractivity contribution in [2.45, 2.75) is 38.5 Å². The van der Waals surface area contributed by atoms with Crippen molar-refractivity contribution in [3.05, 3.63) is 80.5 Å². The molecule has 1 atom stereocenters. The van der Waals surface area contributed by atoms with Crippen LogP contribution in [0.4, 0.5) is 0 Å². The lowest BCUT2D eigenvalue weighted by molar-refractivity contribution is 0.414. The summed E-state index contributed by atoms with van der Waals surface area (Å²) in [5, 5.41) is 0. The van der Waals surface area contributed by atoms with Crippen molar-refractivity contribution in [3.8, 4) is 11.1 Å². The van der Waals surface area contributed by atoms with Crippen LogP contribution in [-0.2, 0) is 11.8 Å². The summed E-state index contributed by atoms with van der Waals surface area (Å²) in [6, 6.07) is 14.0. The zero-order valence-corrected chi connectivity index (χ0v) is 17.5. The molecule has 0 aliphatic heterocycles. The molecule has 2 aromatic carbocycles. The number of allylic oxidation sites excluding steroid dienone is 5. The molecule has 0 saturated carbocycles. The summed E-state index contributed by atoms with van der Waals surface area (Å²) in [6.45, 7) is 4.85. The molecule has 0 amide bonds. The lowest BCUT2D eigenvalue weighted by Crippen LogP contribution is -2.24. The molecule has 0 fully saturated rings. The lowest BCUT2D eigenvalue weighted by Gasteiger charge is -2.30. The first-order chi connectivity index (χ1) is 12.6. The Balaban J connectivity index is 1.67. The van der Waals surface area contributed by atoms with Gasteiger partial charge < -0.3 is 0 Å². The summed E-state index contributed by atoms with van der Waals surface area (Å²) in [4.78, 5) is 0. The first-order valence-electron chi connectivity index (χ1n) is 9.55. The van der Waals surface area contributed by atoms with Crippen molar-refractivity contribution in [1.82, 2.24) is 0 Å². The summed E-state index contributed by atoms with van der Waals surface area (Å²) < 4.78 is 1.47. The molecule has 0 nitrogen and oxygen atoms in total. The van der Waals surface area contributed by atoms with E-state index in [1.807, 2.05) is 0 Å². The molecule has 3 aliphatic rings. The average Bonchev–Trinajstić information content (AvgIpc) is 2.88. The van der Waals surface area contributed by atoms with E-state index in [0.29, 0.717) is 5.92 Å². The Morgan fingerprint density at radius 3 is 2.81 bits per heavy atom. The molecular weight excluding hydrogens is 427 g/mol. The Morgan fingerprint density at radius 1 is 1.04 bits per heavy atom. The molecule has 5 rings (SSSR count). The molecule has 3 aliphatic carbocycles. The predicted molar refractivity (Wildman–Crippen MR) is 120 cm³/mol. The molecule has 26 heavy (non-hydrogen) atoms. The molecule has 1 heteroatoms. The highest BCUT2D eigenvalue weighted by molar-refractivity contribution is 14.1. The molecule has 0 aromatic heterocycles. The minimum atomic E-state index is 0.187. The molecule has 1 unspecified atom stereocenters. The summed E-state index contributed by atoms with van der Waals surface area (Å²) in [5.74, 6) is 0.606. The second-order valence-corrected chi connectivity index (χ2v) is 9.68. The normalized spacial score (nSPS) is 22.2. The molecule has 0 N–H and O–H groups in total. The number of hydrogen-bond acceptors (Lipinski definition) is 0. The molecule has 0 bridgehead atoms. The highest BCUT2D eigenvalue weighted by atomic mass is 127. The highest BCUT2D eigenvalue weighted by Crippen LogP contribution is 2.55. The SMILES string of the molecule is CC1(C)c2cc(-c3cccc4c3C=CCC4)ccc2C2=CC=C(I)CC21. The fraction of sp³-hybridized carbons (Fsp3) is 0.280. The van der Waals surface area contributed by atoms with Crippen LogP contribution in [0.3, 0.4) is 0 Å². The first kappa shape index (κ1) is 16.6. The third-order valence-electron chi connectivity index (χ3n) is 6.49. The molecule has 0 heterocycles. The van der Waals surface area contributed by atoms with Gasteiger partial charge in [-0.2, -0.15) is 0 Å². The van der Waals surface area contributed by atoms with Gasteiger partial charge in [0.15, 0.2) is 0 Å². The van der Waals surface area contributed by atoms with Crippen LogP contribution in [0.5, 0.6) is 0 Å². The second kappa shape index (κ2) is 5.95. The molecule has 2 aromatic rings. The zero-order chi connectivity index (χ0) is 17.9. The summed E-state index contributed by atoms with van der Waals surface area (Å²) >= 11 is 2.50. The molecule has 0 radical (unpaired) electrons. The Hall–Kier alpha value is -1.61. The van der Waals surface area contributed by atoms with Gasteiger partial charge in [-0.1, -0.05) is 68.5 Å². The lowest BCUT2D eigenvalue weighted by atomic mass is 9.74. The topological polar surface area (TPSA) is 0 Å². The number of aryl methyl sites for hydroxylation is 1. The van der Waals surface area contributed by atoms with E-state index in [4.69, 9.17) is 0 Å². The number of rotatable bonds is 1. The minimum Gasteiger partial charge on any atom is -0.0836 e. The van der Waals surface area contributed by atoms with Crippen molar-refractivity contribution in [2.24, 2.45) is 5.92 Å². The van der Waals surface area contributed by atoms with Crippen LogP contribution in [0.15, 0.2) is 58.2 Å². The van der Waals surface area contributed by atoms with Crippen molar-refractivity contribution in [1.29, 1.82) is 0 Å². The van der Waals surface area contributed by atoms with E-state index in [9.17, 15) is 0 Å². The number of halogens is 1. The first-order valence-corrected chi connectivity index (χ1v) is 10.6. The Kier molecular flexibility index (Phi) is 3.79. The maximum absolute atomic E-state index is 2.50. The number of hydrogen-bond donors (Lipinski definition) is 0. The summed E-state index contributed by atoms with van der Waals surface area (Å²) in [6.07, 6.45) is 12.8. The average molecular weight is 450 g/mol. The maximum Gasteiger partial charge on any atom is -0.00189 e. The fourth-order valence-electron chi connectivity index (χ4n) is 4.99. The van der Waals surface area contributed by atoms with Gasteiger partial charge >= 0.3 is 0 Å². The van der Waals surface area contributed by atoms with Crippen molar-refractivity contribution < 1.29 is 0 Å². The van der Waals surface area contributed by atoms with Crippen LogP contribution in [0.1, 0.15) is 48.9 Å². The fourth-order valence-corrected chi connectivity index (χ4v) is 5.61. The quantitative estimate of drug-likeness (QED) is 0.399. The predicted octanol–water partition coefficient (Wildman–Crippen LogP) is 7.33. The molecular formula is C25H23I. The smallest absolute Gasteiger partial charge is 0.00189 e. The monoisotopic (exact) mass is 450 g/mol. The van der Waals surface area contributed by atoms with E-state index in [1.54, 1.807) is 0 Å². The van der Waals surface area contributed by atoms with E-state index < -0.39 is 0 Å². The van der Waals surface area contributed by atoms with Crippen LogP contribution in [0.25, 0.3) is 22.8 Å². The third kappa shape index (κ3) is 2.40. The zero-order valence-electron chi connectivity index (χ0n) is 15.4. The Bertz CT molecular complexity index is 1000. The van der Waals surface area contributed by atoms with Gasteiger partial charge in [-0.25, -0.2) is 0 Å².